The first-order valence-electron chi connectivity index (χ1n) is 15.1. The highest BCUT2D eigenvalue weighted by atomic mass is 35.5. The van der Waals surface area contributed by atoms with Gasteiger partial charge in [0.15, 0.2) is 6.61 Å². The number of nitrogens with zero attached hydrogens (tertiary/aromatic N) is 5. The predicted octanol–water partition coefficient (Wildman–Crippen LogP) is 4.15. The number of benzene rings is 2. The topological polar surface area (TPSA) is 142 Å². The van der Waals surface area contributed by atoms with Gasteiger partial charge in [0.2, 0.25) is 21.9 Å². The number of nitrogens with one attached hydrogen (secondary N) is 3. The molecule has 3 aromatic rings. The van der Waals surface area contributed by atoms with Gasteiger partial charge in [0.25, 0.3) is 5.91 Å². The van der Waals surface area contributed by atoms with Crippen LogP contribution in [0.3, 0.4) is 0 Å². The van der Waals surface area contributed by atoms with Crippen LogP contribution in [0.1, 0.15) is 41.6 Å². The van der Waals surface area contributed by atoms with Gasteiger partial charge >= 0.3 is 12.2 Å². The van der Waals surface area contributed by atoms with Gasteiger partial charge < -0.3 is 20.3 Å². The Kier molecular flexibility index (Phi) is 8.97. The van der Waals surface area contributed by atoms with Crippen LogP contribution in [-0.4, -0.2) is 96.4 Å². The molecule has 0 spiro atoms. The number of amides is 1. The van der Waals surface area contributed by atoms with Gasteiger partial charge in [0.1, 0.15) is 4.75 Å². The SMILES string of the molecule is CN1CCN(CC2(S(=O)(=O)NC(=O)c3ccc(Nc4nc(NC5(c6ccc(Cl)cc6)CC5)nc(OCC(F)(F)F)n4)cc3)CC2)CC1. The Bertz CT molecular complexity index is 1710. The summed E-state index contributed by atoms with van der Waals surface area (Å²) in [4.78, 5) is 29.6. The van der Waals surface area contributed by atoms with Crippen LogP contribution in [0.2, 0.25) is 5.02 Å². The minimum atomic E-state index is -4.61. The molecular formula is C30H34ClF3N8O4S. The molecule has 0 atom stereocenters. The monoisotopic (exact) mass is 694 g/mol. The zero-order chi connectivity index (χ0) is 33.5. The summed E-state index contributed by atoms with van der Waals surface area (Å²) in [5, 5.41) is 6.66. The second-order valence-electron chi connectivity index (χ2n) is 12.3. The van der Waals surface area contributed by atoms with Gasteiger partial charge in [-0.2, -0.15) is 28.1 Å². The van der Waals surface area contributed by atoms with E-state index >= 15 is 0 Å². The van der Waals surface area contributed by atoms with E-state index in [1.165, 1.54) is 24.3 Å². The van der Waals surface area contributed by atoms with Gasteiger partial charge in [-0.1, -0.05) is 23.7 Å². The predicted molar refractivity (Wildman–Crippen MR) is 169 cm³/mol. The van der Waals surface area contributed by atoms with E-state index in [0.717, 1.165) is 44.6 Å². The first kappa shape index (κ1) is 33.2. The van der Waals surface area contributed by atoms with E-state index in [1.807, 2.05) is 19.2 Å². The van der Waals surface area contributed by atoms with Gasteiger partial charge in [-0.15, -0.1) is 0 Å². The number of aromatic nitrogens is 3. The molecule has 12 nitrogen and oxygen atoms in total. The minimum Gasteiger partial charge on any atom is -0.454 e. The fraction of sp³-hybridized carbons (Fsp3) is 0.467. The number of anilines is 3. The van der Waals surface area contributed by atoms with Crippen molar-refractivity contribution in [1.82, 2.24) is 29.5 Å². The molecule has 2 aromatic carbocycles. The van der Waals surface area contributed by atoms with Crippen LogP contribution in [0.25, 0.3) is 0 Å². The molecule has 1 aliphatic heterocycles. The van der Waals surface area contributed by atoms with E-state index in [-0.39, 0.29) is 17.5 Å². The van der Waals surface area contributed by atoms with Crippen LogP contribution < -0.4 is 20.1 Å². The Hall–Kier alpha value is -3.73. The third kappa shape index (κ3) is 8.05. The highest BCUT2D eigenvalue weighted by molar-refractivity contribution is 7.91. The van der Waals surface area contributed by atoms with Crippen molar-refractivity contribution < 1.29 is 31.1 Å². The second-order valence-corrected chi connectivity index (χ2v) is 14.8. The number of rotatable bonds is 12. The highest BCUT2D eigenvalue weighted by Crippen LogP contribution is 2.48. The zero-order valence-electron chi connectivity index (χ0n) is 25.5. The maximum atomic E-state index is 13.2. The van der Waals surface area contributed by atoms with Crippen LogP contribution in [0, 0.1) is 0 Å². The number of likely N-dealkylation sites (N-methyl/N-ethyl adjacent to an activating group) is 1. The molecule has 6 rings (SSSR count). The molecule has 2 saturated carbocycles. The van der Waals surface area contributed by atoms with E-state index in [2.05, 4.69) is 40.1 Å². The van der Waals surface area contributed by atoms with Crippen LogP contribution in [0.4, 0.5) is 30.8 Å². The Morgan fingerprint density at radius 1 is 0.936 bits per heavy atom. The summed E-state index contributed by atoms with van der Waals surface area (Å²) in [6.07, 6.45) is -2.16. The van der Waals surface area contributed by atoms with Crippen molar-refractivity contribution in [2.75, 3.05) is 57.0 Å². The summed E-state index contributed by atoms with van der Waals surface area (Å²) in [7, 11) is -1.90. The maximum absolute atomic E-state index is 13.2. The van der Waals surface area contributed by atoms with Gasteiger partial charge in [0.05, 0.1) is 5.54 Å². The van der Waals surface area contributed by atoms with Crippen molar-refractivity contribution in [3.8, 4) is 6.01 Å². The molecule has 252 valence electrons. The normalized spacial score (nSPS) is 19.1. The van der Waals surface area contributed by atoms with Gasteiger partial charge in [-0.05, 0) is 74.7 Å². The number of alkyl halides is 3. The number of hydrogen-bond donors (Lipinski definition) is 3. The van der Waals surface area contributed by atoms with Crippen molar-refractivity contribution in [3.05, 3.63) is 64.7 Å². The number of sulfonamides is 1. The fourth-order valence-corrected chi connectivity index (χ4v) is 7.16. The summed E-state index contributed by atoms with van der Waals surface area (Å²) < 4.78 is 71.3. The average molecular weight is 695 g/mol. The molecule has 1 aromatic heterocycles. The molecule has 0 unspecified atom stereocenters. The zero-order valence-corrected chi connectivity index (χ0v) is 27.1. The van der Waals surface area contributed by atoms with E-state index < -0.39 is 45.0 Å². The molecule has 1 amide bonds. The molecule has 3 aliphatic rings. The van der Waals surface area contributed by atoms with Crippen LogP contribution in [-0.2, 0) is 15.6 Å². The summed E-state index contributed by atoms with van der Waals surface area (Å²) in [6, 6.07) is 12.5. The Morgan fingerprint density at radius 3 is 2.17 bits per heavy atom. The number of ether oxygens (including phenoxy) is 1. The molecule has 0 bridgehead atoms. The quantitative estimate of drug-likeness (QED) is 0.252. The molecule has 2 aliphatic carbocycles. The number of carbonyl (C=O) groups excluding carboxylic acids is 1. The molecule has 3 N–H and O–H groups in total. The number of carbonyl (C=O) groups is 1. The second kappa shape index (κ2) is 12.7. The lowest BCUT2D eigenvalue weighted by Gasteiger charge is -2.34. The Morgan fingerprint density at radius 2 is 1.57 bits per heavy atom. The van der Waals surface area contributed by atoms with Crippen LogP contribution in [0.5, 0.6) is 6.01 Å². The first-order chi connectivity index (χ1) is 22.2. The molecule has 3 fully saturated rings. The Labute approximate surface area is 275 Å². The van der Waals surface area contributed by atoms with E-state index in [4.69, 9.17) is 16.3 Å². The summed E-state index contributed by atoms with van der Waals surface area (Å²) in [5.41, 5.74) is 0.886. The van der Waals surface area contributed by atoms with Gasteiger partial charge in [-0.3, -0.25) is 9.69 Å². The lowest BCUT2D eigenvalue weighted by Crippen LogP contribution is -2.51. The van der Waals surface area contributed by atoms with Gasteiger partial charge in [-0.25, -0.2) is 13.1 Å². The Balaban J connectivity index is 1.14. The molecule has 17 heteroatoms. The van der Waals surface area contributed by atoms with Crippen molar-refractivity contribution in [1.29, 1.82) is 0 Å². The molecule has 2 heterocycles. The van der Waals surface area contributed by atoms with E-state index in [0.29, 0.717) is 30.1 Å². The standard InChI is InChI=1S/C30H34ClF3N8O4S/c1-41-14-16-42(17-15-41)18-28(10-11-28)47(44,45)40-24(43)20-2-8-23(9-3-20)35-25-36-26(38-27(37-25)46-19-30(32,33)34)39-29(12-13-29)21-4-6-22(31)7-5-21/h2-9H,10-19H2,1H3,(H,40,43)(H2,35,36,37,38,39). The number of hydrogen-bond acceptors (Lipinski definition) is 11. The van der Waals surface area contributed by atoms with Crippen molar-refractivity contribution in [3.63, 3.8) is 0 Å². The number of piperazine rings is 1. The first-order valence-corrected chi connectivity index (χ1v) is 16.9. The number of halogens is 4. The van der Waals surface area contributed by atoms with E-state index in [9.17, 15) is 26.4 Å². The highest BCUT2D eigenvalue weighted by Gasteiger charge is 2.56. The lowest BCUT2D eigenvalue weighted by atomic mass is 10.1. The molecular weight excluding hydrogens is 661 g/mol. The third-order valence-corrected chi connectivity index (χ3v) is 11.0. The van der Waals surface area contributed by atoms with Crippen molar-refractivity contribution in [2.45, 2.75) is 42.1 Å². The third-order valence-electron chi connectivity index (χ3n) is 8.59. The maximum Gasteiger partial charge on any atom is 0.422 e. The van der Waals surface area contributed by atoms with E-state index in [1.54, 1.807) is 12.1 Å². The molecule has 47 heavy (non-hydrogen) atoms. The van der Waals surface area contributed by atoms with Gasteiger partial charge in [0, 0.05) is 49.0 Å². The largest absolute Gasteiger partial charge is 0.454 e. The minimum absolute atomic E-state index is 0.00101. The lowest BCUT2D eigenvalue weighted by molar-refractivity contribution is -0.154. The molecule has 0 radical (unpaired) electrons. The summed E-state index contributed by atoms with van der Waals surface area (Å²) in [5.74, 6) is -0.863. The smallest absolute Gasteiger partial charge is 0.422 e. The van der Waals surface area contributed by atoms with Crippen LogP contribution >= 0.6 is 11.6 Å². The average Bonchev–Trinajstić information content (AvgIpc) is 3.95. The molecule has 1 saturated heterocycles. The summed E-state index contributed by atoms with van der Waals surface area (Å²) in [6.45, 7) is 2.04. The van der Waals surface area contributed by atoms with Crippen molar-refractivity contribution >= 4 is 45.1 Å². The van der Waals surface area contributed by atoms with Crippen LogP contribution in [0.15, 0.2) is 48.5 Å². The fourth-order valence-electron chi connectivity index (χ4n) is 5.46. The van der Waals surface area contributed by atoms with Crippen molar-refractivity contribution in [2.24, 2.45) is 0 Å². The summed E-state index contributed by atoms with van der Waals surface area (Å²) >= 11 is 6.02.